The van der Waals surface area contributed by atoms with E-state index in [9.17, 15) is 4.79 Å². The third-order valence-corrected chi connectivity index (χ3v) is 3.52. The summed E-state index contributed by atoms with van der Waals surface area (Å²) in [5, 5.41) is 0.557. The second-order valence-electron chi connectivity index (χ2n) is 4.17. The molecule has 0 bridgehead atoms. The van der Waals surface area contributed by atoms with Gasteiger partial charge in [-0.3, -0.25) is 9.13 Å². The van der Waals surface area contributed by atoms with Gasteiger partial charge in [0, 0.05) is 29.5 Å². The summed E-state index contributed by atoms with van der Waals surface area (Å²) < 4.78 is 3.25. The van der Waals surface area contributed by atoms with Crippen molar-refractivity contribution in [1.29, 1.82) is 0 Å². The SMILES string of the molecule is CCn1ccn(Cc2ccc(C(N)=S)cc2Cl)c1=O. The molecule has 0 fully saturated rings. The Hall–Kier alpha value is -1.59. The van der Waals surface area contributed by atoms with Crippen LogP contribution in [0.1, 0.15) is 18.1 Å². The minimum atomic E-state index is -0.0445. The third kappa shape index (κ3) is 2.88. The summed E-state index contributed by atoms with van der Waals surface area (Å²) in [5.74, 6) is 0. The number of rotatable bonds is 4. The van der Waals surface area contributed by atoms with Gasteiger partial charge in [-0.05, 0) is 18.6 Å². The molecule has 0 saturated carbocycles. The number of imidazole rings is 1. The molecule has 0 unspecified atom stereocenters. The first kappa shape index (κ1) is 13.8. The molecule has 19 heavy (non-hydrogen) atoms. The number of aryl methyl sites for hydroxylation is 1. The van der Waals surface area contributed by atoms with Crippen molar-refractivity contribution in [2.24, 2.45) is 5.73 Å². The highest BCUT2D eigenvalue weighted by atomic mass is 35.5. The van der Waals surface area contributed by atoms with E-state index in [1.165, 1.54) is 0 Å². The van der Waals surface area contributed by atoms with Gasteiger partial charge in [0.25, 0.3) is 0 Å². The first-order chi connectivity index (χ1) is 9.02. The summed E-state index contributed by atoms with van der Waals surface area (Å²) in [7, 11) is 0. The molecule has 0 radical (unpaired) electrons. The Bertz CT molecular complexity index is 675. The van der Waals surface area contributed by atoms with E-state index >= 15 is 0 Å². The summed E-state index contributed by atoms with van der Waals surface area (Å²) in [6.45, 7) is 3.01. The van der Waals surface area contributed by atoms with Gasteiger partial charge in [0.05, 0.1) is 6.54 Å². The van der Waals surface area contributed by atoms with E-state index in [0.29, 0.717) is 23.1 Å². The van der Waals surface area contributed by atoms with Gasteiger partial charge < -0.3 is 5.73 Å². The van der Waals surface area contributed by atoms with Crippen LogP contribution in [-0.4, -0.2) is 14.1 Å². The van der Waals surface area contributed by atoms with E-state index in [1.807, 2.05) is 19.1 Å². The van der Waals surface area contributed by atoms with Crippen LogP contribution in [0.25, 0.3) is 0 Å². The van der Waals surface area contributed by atoms with Gasteiger partial charge in [-0.25, -0.2) is 4.79 Å². The zero-order valence-corrected chi connectivity index (χ0v) is 12.0. The van der Waals surface area contributed by atoms with Gasteiger partial charge in [0.1, 0.15) is 4.99 Å². The summed E-state index contributed by atoms with van der Waals surface area (Å²) in [5.41, 5.74) is 7.08. The van der Waals surface area contributed by atoms with Crippen molar-refractivity contribution in [1.82, 2.24) is 9.13 Å². The number of nitrogens with zero attached hydrogens (tertiary/aromatic N) is 2. The molecular formula is C13H14ClN3OS. The highest BCUT2D eigenvalue weighted by Gasteiger charge is 2.07. The standard InChI is InChI=1S/C13H14ClN3OS/c1-2-16-5-6-17(13(16)18)8-10-4-3-9(12(15)19)7-11(10)14/h3-7H,2,8H2,1H3,(H2,15,19). The van der Waals surface area contributed by atoms with Crippen LogP contribution in [0.4, 0.5) is 0 Å². The fraction of sp³-hybridized carbons (Fsp3) is 0.231. The molecule has 0 aliphatic carbocycles. The molecule has 1 aromatic heterocycles. The van der Waals surface area contributed by atoms with E-state index in [4.69, 9.17) is 29.6 Å². The summed E-state index contributed by atoms with van der Waals surface area (Å²) in [6.07, 6.45) is 3.52. The van der Waals surface area contributed by atoms with Crippen molar-refractivity contribution in [2.75, 3.05) is 0 Å². The highest BCUT2D eigenvalue weighted by Crippen LogP contribution is 2.18. The molecule has 0 spiro atoms. The van der Waals surface area contributed by atoms with Crippen LogP contribution in [-0.2, 0) is 13.1 Å². The van der Waals surface area contributed by atoms with E-state index in [2.05, 4.69) is 0 Å². The smallest absolute Gasteiger partial charge is 0.328 e. The van der Waals surface area contributed by atoms with Crippen molar-refractivity contribution in [3.05, 3.63) is 57.2 Å². The number of thiocarbonyl (C=S) groups is 1. The first-order valence-electron chi connectivity index (χ1n) is 5.86. The molecule has 6 heteroatoms. The lowest BCUT2D eigenvalue weighted by Crippen LogP contribution is -2.24. The Labute approximate surface area is 121 Å². The predicted octanol–water partition coefficient (Wildman–Crippen LogP) is 2.01. The zero-order chi connectivity index (χ0) is 14.0. The fourth-order valence-corrected chi connectivity index (χ4v) is 2.19. The van der Waals surface area contributed by atoms with Gasteiger partial charge in [-0.1, -0.05) is 36.0 Å². The molecule has 2 aromatic rings. The summed E-state index contributed by atoms with van der Waals surface area (Å²) in [6, 6.07) is 5.37. The summed E-state index contributed by atoms with van der Waals surface area (Å²) >= 11 is 11.1. The number of nitrogens with two attached hydrogens (primary N) is 1. The van der Waals surface area contributed by atoms with Gasteiger partial charge >= 0.3 is 5.69 Å². The Morgan fingerprint density at radius 2 is 2.05 bits per heavy atom. The Morgan fingerprint density at radius 1 is 1.37 bits per heavy atom. The third-order valence-electron chi connectivity index (χ3n) is 2.94. The van der Waals surface area contributed by atoms with E-state index in [1.54, 1.807) is 27.6 Å². The first-order valence-corrected chi connectivity index (χ1v) is 6.65. The van der Waals surface area contributed by atoms with Crippen molar-refractivity contribution in [2.45, 2.75) is 20.0 Å². The molecule has 1 aromatic carbocycles. The normalized spacial score (nSPS) is 10.6. The van der Waals surface area contributed by atoms with Crippen LogP contribution in [0.2, 0.25) is 5.02 Å². The molecule has 100 valence electrons. The number of benzene rings is 1. The van der Waals surface area contributed by atoms with Gasteiger partial charge in [-0.15, -0.1) is 0 Å². The van der Waals surface area contributed by atoms with E-state index in [0.717, 1.165) is 11.1 Å². The number of aromatic nitrogens is 2. The van der Waals surface area contributed by atoms with Crippen molar-refractivity contribution >= 4 is 28.8 Å². The lowest BCUT2D eigenvalue weighted by Gasteiger charge is -2.07. The minimum Gasteiger partial charge on any atom is -0.389 e. The van der Waals surface area contributed by atoms with E-state index < -0.39 is 0 Å². The quantitative estimate of drug-likeness (QED) is 0.878. The highest BCUT2D eigenvalue weighted by molar-refractivity contribution is 7.80. The van der Waals surface area contributed by atoms with Crippen LogP contribution in [0.5, 0.6) is 0 Å². The van der Waals surface area contributed by atoms with Gasteiger partial charge in [0.2, 0.25) is 0 Å². The Morgan fingerprint density at radius 3 is 2.58 bits per heavy atom. The Kier molecular flexibility index (Phi) is 4.07. The molecule has 1 heterocycles. The molecule has 4 nitrogen and oxygen atoms in total. The van der Waals surface area contributed by atoms with Crippen LogP contribution in [0, 0.1) is 0 Å². The van der Waals surface area contributed by atoms with Crippen LogP contribution in [0.3, 0.4) is 0 Å². The second-order valence-corrected chi connectivity index (χ2v) is 5.01. The molecular weight excluding hydrogens is 282 g/mol. The van der Waals surface area contributed by atoms with E-state index in [-0.39, 0.29) is 5.69 Å². The monoisotopic (exact) mass is 295 g/mol. The van der Waals surface area contributed by atoms with Crippen LogP contribution < -0.4 is 11.4 Å². The van der Waals surface area contributed by atoms with Crippen molar-refractivity contribution < 1.29 is 0 Å². The Balaban J connectivity index is 2.31. The van der Waals surface area contributed by atoms with Crippen molar-refractivity contribution in [3.63, 3.8) is 0 Å². The zero-order valence-electron chi connectivity index (χ0n) is 10.5. The molecule has 0 aliphatic rings. The van der Waals surface area contributed by atoms with Crippen LogP contribution in [0.15, 0.2) is 35.4 Å². The molecule has 2 rings (SSSR count). The maximum absolute atomic E-state index is 11.9. The summed E-state index contributed by atoms with van der Waals surface area (Å²) in [4.78, 5) is 12.2. The fourth-order valence-electron chi connectivity index (χ4n) is 1.83. The number of halogens is 1. The maximum Gasteiger partial charge on any atom is 0.328 e. The number of hydrogen-bond acceptors (Lipinski definition) is 2. The topological polar surface area (TPSA) is 52.9 Å². The largest absolute Gasteiger partial charge is 0.389 e. The van der Waals surface area contributed by atoms with Crippen molar-refractivity contribution in [3.8, 4) is 0 Å². The van der Waals surface area contributed by atoms with Gasteiger partial charge in [-0.2, -0.15) is 0 Å². The molecule has 0 saturated heterocycles. The molecule has 0 aliphatic heterocycles. The lowest BCUT2D eigenvalue weighted by molar-refractivity contribution is 0.668. The minimum absolute atomic E-state index is 0.0445. The van der Waals surface area contributed by atoms with Crippen LogP contribution >= 0.6 is 23.8 Å². The maximum atomic E-state index is 11.9. The lowest BCUT2D eigenvalue weighted by atomic mass is 10.1. The second kappa shape index (κ2) is 5.59. The predicted molar refractivity (Wildman–Crippen MR) is 80.8 cm³/mol. The number of hydrogen-bond donors (Lipinski definition) is 1. The molecule has 2 N–H and O–H groups in total. The average molecular weight is 296 g/mol. The van der Waals surface area contributed by atoms with Gasteiger partial charge in [0.15, 0.2) is 0 Å². The molecule has 0 atom stereocenters. The average Bonchev–Trinajstić information content (AvgIpc) is 2.72. The molecule has 0 amide bonds.